The van der Waals surface area contributed by atoms with Crippen molar-refractivity contribution in [2.45, 2.75) is 53.3 Å². The molecular formula is C23H33IN4O2. The van der Waals surface area contributed by atoms with Crippen molar-refractivity contribution >= 4 is 35.8 Å². The summed E-state index contributed by atoms with van der Waals surface area (Å²) in [5, 5.41) is 6.63. The third-order valence-electron chi connectivity index (χ3n) is 4.57. The lowest BCUT2D eigenvalue weighted by molar-refractivity contribution is 0.100. The van der Waals surface area contributed by atoms with Crippen molar-refractivity contribution < 1.29 is 9.53 Å². The van der Waals surface area contributed by atoms with Crippen LogP contribution in [0.2, 0.25) is 0 Å². The van der Waals surface area contributed by atoms with Gasteiger partial charge in [-0.3, -0.25) is 4.79 Å². The van der Waals surface area contributed by atoms with Crippen LogP contribution in [-0.4, -0.2) is 24.5 Å². The number of halogens is 1. The zero-order valence-corrected chi connectivity index (χ0v) is 20.5. The summed E-state index contributed by atoms with van der Waals surface area (Å²) in [4.78, 5) is 15.8. The molecule has 0 aliphatic carbocycles. The van der Waals surface area contributed by atoms with Gasteiger partial charge in [0, 0.05) is 24.2 Å². The van der Waals surface area contributed by atoms with Gasteiger partial charge in [0.2, 0.25) is 5.91 Å². The average molecular weight is 524 g/mol. The molecule has 164 valence electrons. The van der Waals surface area contributed by atoms with E-state index in [0.29, 0.717) is 18.7 Å². The fourth-order valence-corrected chi connectivity index (χ4v) is 2.68. The van der Waals surface area contributed by atoms with Crippen LogP contribution in [0.5, 0.6) is 5.75 Å². The molecule has 0 aliphatic heterocycles. The summed E-state index contributed by atoms with van der Waals surface area (Å²) >= 11 is 0. The Morgan fingerprint density at radius 2 is 1.83 bits per heavy atom. The molecule has 0 saturated carbocycles. The minimum absolute atomic E-state index is 0. The third kappa shape index (κ3) is 8.22. The lowest BCUT2D eigenvalue weighted by Gasteiger charge is -2.18. The standard InChI is InChI=1S/C23H32N4O2.HI/c1-5-17(4)29-21-13-16(3)7-10-20(21)15-27-23(25-6-2)26-14-18-8-11-19(12-9-18)22(24)28;/h7-13,17H,5-6,14-15H2,1-4H3,(H2,24,28)(H2,25,26,27);1H. The third-order valence-corrected chi connectivity index (χ3v) is 4.57. The molecule has 1 unspecified atom stereocenters. The molecule has 0 saturated heterocycles. The summed E-state index contributed by atoms with van der Waals surface area (Å²) in [6.45, 7) is 10.2. The van der Waals surface area contributed by atoms with Crippen molar-refractivity contribution in [1.29, 1.82) is 0 Å². The van der Waals surface area contributed by atoms with Crippen LogP contribution in [0.15, 0.2) is 47.5 Å². The maximum absolute atomic E-state index is 11.2. The number of rotatable bonds is 9. The van der Waals surface area contributed by atoms with Gasteiger partial charge in [0.15, 0.2) is 5.96 Å². The second-order valence-electron chi connectivity index (χ2n) is 7.06. The molecule has 0 bridgehead atoms. The fraction of sp³-hybridized carbons (Fsp3) is 0.391. The molecule has 0 heterocycles. The van der Waals surface area contributed by atoms with Crippen LogP contribution in [0.4, 0.5) is 0 Å². The van der Waals surface area contributed by atoms with E-state index in [4.69, 9.17) is 10.5 Å². The van der Waals surface area contributed by atoms with Crippen molar-refractivity contribution in [3.63, 3.8) is 0 Å². The van der Waals surface area contributed by atoms with E-state index >= 15 is 0 Å². The SMILES string of the molecule is CCNC(=NCc1ccc(C(N)=O)cc1)NCc1ccc(C)cc1OC(C)CC.I. The number of nitrogens with one attached hydrogen (secondary N) is 2. The maximum Gasteiger partial charge on any atom is 0.248 e. The van der Waals surface area contributed by atoms with Crippen molar-refractivity contribution in [2.75, 3.05) is 6.54 Å². The van der Waals surface area contributed by atoms with E-state index in [1.807, 2.05) is 19.1 Å². The van der Waals surface area contributed by atoms with Gasteiger partial charge in [-0.1, -0.05) is 31.2 Å². The number of hydrogen-bond donors (Lipinski definition) is 3. The monoisotopic (exact) mass is 524 g/mol. The quantitative estimate of drug-likeness (QED) is 0.261. The number of carbonyl (C=O) groups excluding carboxylic acids is 1. The van der Waals surface area contributed by atoms with Gasteiger partial charge in [0.1, 0.15) is 5.75 Å². The van der Waals surface area contributed by atoms with Crippen LogP contribution in [0.3, 0.4) is 0 Å². The molecule has 7 heteroatoms. The lowest BCUT2D eigenvalue weighted by atomic mass is 10.1. The highest BCUT2D eigenvalue weighted by Gasteiger charge is 2.09. The molecule has 2 rings (SSSR count). The number of aliphatic imine (C=N–C) groups is 1. The molecule has 4 N–H and O–H groups in total. The van der Waals surface area contributed by atoms with E-state index in [0.717, 1.165) is 35.8 Å². The van der Waals surface area contributed by atoms with E-state index in [1.165, 1.54) is 5.56 Å². The number of nitrogens with zero attached hydrogens (tertiary/aromatic N) is 1. The van der Waals surface area contributed by atoms with Crippen molar-refractivity contribution in [1.82, 2.24) is 10.6 Å². The Balaban J connectivity index is 0.00000450. The van der Waals surface area contributed by atoms with Gasteiger partial charge in [0.25, 0.3) is 0 Å². The van der Waals surface area contributed by atoms with Gasteiger partial charge in [-0.05, 0) is 56.5 Å². The Hall–Kier alpha value is -2.29. The van der Waals surface area contributed by atoms with Gasteiger partial charge in [-0.2, -0.15) is 0 Å². The maximum atomic E-state index is 11.2. The highest BCUT2D eigenvalue weighted by atomic mass is 127. The molecule has 0 spiro atoms. The number of primary amides is 1. The predicted molar refractivity (Wildman–Crippen MR) is 134 cm³/mol. The molecule has 1 atom stereocenters. The first-order valence-corrected chi connectivity index (χ1v) is 10.1. The predicted octanol–water partition coefficient (Wildman–Crippen LogP) is 4.14. The highest BCUT2D eigenvalue weighted by molar-refractivity contribution is 14.0. The zero-order chi connectivity index (χ0) is 21.2. The zero-order valence-electron chi connectivity index (χ0n) is 18.2. The molecule has 0 fully saturated rings. The van der Waals surface area contributed by atoms with E-state index in [1.54, 1.807) is 12.1 Å². The van der Waals surface area contributed by atoms with E-state index < -0.39 is 5.91 Å². The summed E-state index contributed by atoms with van der Waals surface area (Å²) in [7, 11) is 0. The van der Waals surface area contributed by atoms with Crippen LogP contribution in [-0.2, 0) is 13.1 Å². The molecule has 2 aromatic rings. The Kier molecular flexibility index (Phi) is 11.2. The van der Waals surface area contributed by atoms with Gasteiger partial charge >= 0.3 is 0 Å². The fourth-order valence-electron chi connectivity index (χ4n) is 2.68. The minimum atomic E-state index is -0.427. The van der Waals surface area contributed by atoms with Crippen LogP contribution in [0.25, 0.3) is 0 Å². The van der Waals surface area contributed by atoms with Crippen LogP contribution in [0.1, 0.15) is 54.2 Å². The molecule has 1 amide bonds. The summed E-state index contributed by atoms with van der Waals surface area (Å²) in [6.07, 6.45) is 1.13. The van der Waals surface area contributed by atoms with E-state index in [-0.39, 0.29) is 30.1 Å². The first-order valence-electron chi connectivity index (χ1n) is 10.1. The lowest BCUT2D eigenvalue weighted by Crippen LogP contribution is -2.37. The number of benzene rings is 2. The van der Waals surface area contributed by atoms with Gasteiger partial charge < -0.3 is 21.1 Å². The van der Waals surface area contributed by atoms with Gasteiger partial charge in [-0.25, -0.2) is 4.99 Å². The molecule has 0 radical (unpaired) electrons. The first kappa shape index (κ1) is 25.7. The second-order valence-corrected chi connectivity index (χ2v) is 7.06. The number of carbonyl (C=O) groups is 1. The van der Waals surface area contributed by atoms with Gasteiger partial charge in [-0.15, -0.1) is 24.0 Å². The smallest absolute Gasteiger partial charge is 0.248 e. The number of guanidine groups is 1. The summed E-state index contributed by atoms with van der Waals surface area (Å²) < 4.78 is 6.09. The Morgan fingerprint density at radius 1 is 1.13 bits per heavy atom. The summed E-state index contributed by atoms with van der Waals surface area (Å²) in [5.41, 5.74) is 9.05. The minimum Gasteiger partial charge on any atom is -0.490 e. The average Bonchev–Trinajstić information content (AvgIpc) is 2.71. The summed E-state index contributed by atoms with van der Waals surface area (Å²) in [5.74, 6) is 1.20. The Labute approximate surface area is 196 Å². The molecule has 30 heavy (non-hydrogen) atoms. The molecule has 0 aliphatic rings. The highest BCUT2D eigenvalue weighted by Crippen LogP contribution is 2.22. The molecule has 0 aromatic heterocycles. The van der Waals surface area contributed by atoms with E-state index in [9.17, 15) is 4.79 Å². The Bertz CT molecular complexity index is 838. The van der Waals surface area contributed by atoms with Gasteiger partial charge in [0.05, 0.1) is 12.6 Å². The molecule has 2 aromatic carbocycles. The molecular weight excluding hydrogens is 491 g/mol. The topological polar surface area (TPSA) is 88.7 Å². The largest absolute Gasteiger partial charge is 0.490 e. The van der Waals surface area contributed by atoms with Crippen molar-refractivity contribution in [2.24, 2.45) is 10.7 Å². The number of amides is 1. The Morgan fingerprint density at radius 3 is 2.43 bits per heavy atom. The number of aryl methyl sites for hydroxylation is 1. The second kappa shape index (κ2) is 13.1. The summed E-state index contributed by atoms with van der Waals surface area (Å²) in [6, 6.07) is 13.4. The van der Waals surface area contributed by atoms with Crippen molar-refractivity contribution in [3.05, 3.63) is 64.7 Å². The van der Waals surface area contributed by atoms with Crippen LogP contribution >= 0.6 is 24.0 Å². The first-order chi connectivity index (χ1) is 13.9. The molecule has 6 nitrogen and oxygen atoms in total. The van der Waals surface area contributed by atoms with E-state index in [2.05, 4.69) is 54.6 Å². The van der Waals surface area contributed by atoms with Crippen LogP contribution < -0.4 is 21.1 Å². The van der Waals surface area contributed by atoms with Crippen LogP contribution in [0, 0.1) is 6.92 Å². The normalized spacial score (nSPS) is 11.9. The van der Waals surface area contributed by atoms with Crippen molar-refractivity contribution in [3.8, 4) is 5.75 Å². The number of ether oxygens (including phenoxy) is 1. The number of nitrogens with two attached hydrogens (primary N) is 1. The number of hydrogen-bond acceptors (Lipinski definition) is 3.